The van der Waals surface area contributed by atoms with E-state index in [0.29, 0.717) is 23.7 Å². The average molecular weight is 534 g/mol. The number of amidine groups is 2. The van der Waals surface area contributed by atoms with Crippen LogP contribution in [-0.4, -0.2) is 94.4 Å². The van der Waals surface area contributed by atoms with Gasteiger partial charge in [-0.2, -0.15) is 13.2 Å². The number of alkyl halides is 3. The molecule has 0 aliphatic carbocycles. The van der Waals surface area contributed by atoms with Gasteiger partial charge < -0.3 is 25.6 Å². The van der Waals surface area contributed by atoms with Gasteiger partial charge in [0.1, 0.15) is 17.8 Å². The quantitative estimate of drug-likeness (QED) is 0.543. The molecule has 0 radical (unpaired) electrons. The number of benzene rings is 1. The summed E-state index contributed by atoms with van der Waals surface area (Å²) in [5.41, 5.74) is 6.75. The number of hydrogen-bond acceptors (Lipinski definition) is 8. The zero-order chi connectivity index (χ0) is 26.5. The van der Waals surface area contributed by atoms with Crippen molar-refractivity contribution in [2.24, 2.45) is 15.9 Å². The van der Waals surface area contributed by atoms with Gasteiger partial charge in [-0.25, -0.2) is 0 Å². The average Bonchev–Trinajstić information content (AvgIpc) is 3.26. The molecule has 0 unspecified atom stereocenters. The van der Waals surface area contributed by atoms with Gasteiger partial charge in [0.15, 0.2) is 6.10 Å². The number of nitrogens with zero attached hydrogens (tertiary/aromatic N) is 4. The third-order valence-corrected chi connectivity index (χ3v) is 6.62. The van der Waals surface area contributed by atoms with Crippen molar-refractivity contribution < 1.29 is 32.9 Å². The first-order valence-electron chi connectivity index (χ1n) is 11.6. The number of nitrogens with two attached hydrogens (primary N) is 1. The van der Waals surface area contributed by atoms with Crippen LogP contribution in [0, 0.1) is 0 Å². The number of rotatable bonds is 4. The number of ether oxygens (including phenoxy) is 1. The van der Waals surface area contributed by atoms with Gasteiger partial charge in [0, 0.05) is 43.7 Å². The molecule has 200 valence electrons. The molecule has 4 rings (SSSR count). The molecule has 0 bridgehead atoms. The lowest BCUT2D eigenvalue weighted by molar-refractivity contribution is -0.250. The van der Waals surface area contributed by atoms with Gasteiger partial charge in [-0.1, -0.05) is 23.7 Å². The van der Waals surface area contributed by atoms with Gasteiger partial charge in [-0.15, -0.1) is 10.2 Å². The highest BCUT2D eigenvalue weighted by Gasteiger charge is 2.48. The third-order valence-electron chi connectivity index (χ3n) is 6.37. The number of morpholine rings is 1. The highest BCUT2D eigenvalue weighted by molar-refractivity contribution is 6.30. The molecule has 2 saturated heterocycles. The van der Waals surface area contributed by atoms with E-state index >= 15 is 0 Å². The summed E-state index contributed by atoms with van der Waals surface area (Å²) in [7, 11) is 0. The number of aliphatic hydroxyl groups excluding tert-OH is 1. The molecule has 4 N–H and O–H groups in total. The molecule has 0 saturated carbocycles. The fourth-order valence-electron chi connectivity index (χ4n) is 4.64. The van der Waals surface area contributed by atoms with Gasteiger partial charge in [0.05, 0.1) is 13.0 Å². The number of likely N-dealkylation sites (tertiary alicyclic amines) is 1. The van der Waals surface area contributed by atoms with Gasteiger partial charge >= 0.3 is 6.18 Å². The normalized spacial score (nSPS) is 24.4. The van der Waals surface area contributed by atoms with E-state index in [-0.39, 0.29) is 25.2 Å². The van der Waals surface area contributed by atoms with Crippen LogP contribution in [-0.2, 0) is 16.0 Å². The molecule has 1 aromatic rings. The molecule has 3 aliphatic rings. The topological polar surface area (TPSA) is 124 Å². The van der Waals surface area contributed by atoms with Crippen LogP contribution in [0.5, 0.6) is 0 Å². The van der Waals surface area contributed by atoms with E-state index in [1.807, 2.05) is 12.1 Å². The Labute approximate surface area is 212 Å². The maximum Gasteiger partial charge on any atom is 0.416 e. The molecule has 3 heterocycles. The summed E-state index contributed by atoms with van der Waals surface area (Å²) in [6.45, 7) is 2.69. The molecule has 13 heteroatoms. The molecular formula is C23H31ClF3N5O4. The highest BCUT2D eigenvalue weighted by Crippen LogP contribution is 2.31. The molecule has 0 amide bonds. The molecule has 0 spiro atoms. The number of halogens is 4. The van der Waals surface area contributed by atoms with E-state index in [0.717, 1.165) is 44.3 Å². The van der Waals surface area contributed by atoms with Crippen LogP contribution in [0.25, 0.3) is 0 Å². The van der Waals surface area contributed by atoms with Crippen molar-refractivity contribution in [1.29, 1.82) is 0 Å². The molecule has 0 aromatic heterocycles. The Hall–Kier alpha value is -2.41. The number of carbonyl (C=O) groups is 1. The highest BCUT2D eigenvalue weighted by atomic mass is 35.5. The first kappa shape index (κ1) is 28.2. The van der Waals surface area contributed by atoms with Crippen LogP contribution in [0.15, 0.2) is 34.5 Å². The van der Waals surface area contributed by atoms with Crippen LogP contribution in [0.3, 0.4) is 0 Å². The summed E-state index contributed by atoms with van der Waals surface area (Å²) in [6, 6.07) is 7.43. The van der Waals surface area contributed by atoms with E-state index in [9.17, 15) is 18.3 Å². The van der Waals surface area contributed by atoms with Crippen molar-refractivity contribution in [2.45, 2.75) is 63.1 Å². The Balaban J connectivity index is 0.000000840. The maximum atomic E-state index is 13.1. The SMILES string of the molecule is CC(=O)O.NC1=NN=C(N2CCC(N3C[C@H]([C@H](O)C(F)(F)F)OC[C@@H]3Cc3ccc(Cl)cc3)CC2)C1. The molecule has 36 heavy (non-hydrogen) atoms. The van der Waals surface area contributed by atoms with Crippen LogP contribution in [0.4, 0.5) is 13.2 Å². The lowest BCUT2D eigenvalue weighted by Gasteiger charge is -2.47. The maximum absolute atomic E-state index is 13.1. The summed E-state index contributed by atoms with van der Waals surface area (Å²) in [5.74, 6) is 0.494. The van der Waals surface area contributed by atoms with Crippen molar-refractivity contribution in [3.05, 3.63) is 34.9 Å². The molecule has 1 aromatic carbocycles. The first-order valence-corrected chi connectivity index (χ1v) is 12.0. The van der Waals surface area contributed by atoms with E-state index in [1.165, 1.54) is 0 Å². The molecule has 9 nitrogen and oxygen atoms in total. The summed E-state index contributed by atoms with van der Waals surface area (Å²) in [6.07, 6.45) is -5.83. The molecule has 3 aliphatic heterocycles. The lowest BCUT2D eigenvalue weighted by Crippen LogP contribution is -2.61. The Morgan fingerprint density at radius 3 is 2.39 bits per heavy atom. The minimum Gasteiger partial charge on any atom is -0.481 e. The van der Waals surface area contributed by atoms with Crippen LogP contribution < -0.4 is 5.73 Å². The zero-order valence-electron chi connectivity index (χ0n) is 19.9. The summed E-state index contributed by atoms with van der Waals surface area (Å²) in [5, 5.41) is 25.9. The lowest BCUT2D eigenvalue weighted by atomic mass is 9.95. The minimum absolute atomic E-state index is 0.0284. The third kappa shape index (κ3) is 7.79. The summed E-state index contributed by atoms with van der Waals surface area (Å²) >= 11 is 5.98. The predicted octanol–water partition coefficient (Wildman–Crippen LogP) is 2.50. The minimum atomic E-state index is -4.72. The monoisotopic (exact) mass is 533 g/mol. The van der Waals surface area contributed by atoms with Gasteiger partial charge in [0.25, 0.3) is 5.97 Å². The van der Waals surface area contributed by atoms with E-state index in [4.69, 9.17) is 32.0 Å². The largest absolute Gasteiger partial charge is 0.481 e. The van der Waals surface area contributed by atoms with Crippen molar-refractivity contribution in [2.75, 3.05) is 26.2 Å². The predicted molar refractivity (Wildman–Crippen MR) is 129 cm³/mol. The molecule has 2 fully saturated rings. The van der Waals surface area contributed by atoms with Crippen molar-refractivity contribution >= 4 is 29.2 Å². The number of hydrogen-bond donors (Lipinski definition) is 3. The Kier molecular flexibility index (Phi) is 9.56. The number of aliphatic hydroxyl groups is 1. The molecular weight excluding hydrogens is 503 g/mol. The van der Waals surface area contributed by atoms with E-state index in [2.05, 4.69) is 20.0 Å². The van der Waals surface area contributed by atoms with Crippen LogP contribution in [0.1, 0.15) is 31.7 Å². The fraction of sp³-hybridized carbons (Fsp3) is 0.609. The molecule has 3 atom stereocenters. The van der Waals surface area contributed by atoms with Gasteiger partial charge in [0.2, 0.25) is 0 Å². The summed E-state index contributed by atoms with van der Waals surface area (Å²) < 4.78 is 44.9. The Morgan fingerprint density at radius 1 is 1.25 bits per heavy atom. The van der Waals surface area contributed by atoms with E-state index in [1.54, 1.807) is 12.1 Å². The second kappa shape index (κ2) is 12.2. The van der Waals surface area contributed by atoms with Crippen molar-refractivity contribution in [3.63, 3.8) is 0 Å². The number of carboxylic acids is 1. The second-order valence-corrected chi connectivity index (χ2v) is 9.50. The fourth-order valence-corrected chi connectivity index (χ4v) is 4.77. The van der Waals surface area contributed by atoms with Gasteiger partial charge in [-0.05, 0) is 37.0 Å². The second-order valence-electron chi connectivity index (χ2n) is 9.06. The smallest absolute Gasteiger partial charge is 0.416 e. The van der Waals surface area contributed by atoms with E-state index < -0.39 is 24.4 Å². The summed E-state index contributed by atoms with van der Waals surface area (Å²) in [4.78, 5) is 13.2. The zero-order valence-corrected chi connectivity index (χ0v) is 20.6. The number of aliphatic carboxylic acids is 1. The van der Waals surface area contributed by atoms with Crippen molar-refractivity contribution in [1.82, 2.24) is 9.80 Å². The van der Waals surface area contributed by atoms with Gasteiger partial charge in [-0.3, -0.25) is 9.69 Å². The first-order chi connectivity index (χ1) is 16.9. The number of piperidine rings is 1. The van der Waals surface area contributed by atoms with Crippen molar-refractivity contribution in [3.8, 4) is 0 Å². The number of carboxylic acid groups (broad SMARTS) is 1. The Morgan fingerprint density at radius 2 is 1.86 bits per heavy atom. The van der Waals surface area contributed by atoms with Crippen LogP contribution in [0.2, 0.25) is 5.02 Å². The Bertz CT molecular complexity index is 948. The van der Waals surface area contributed by atoms with Crippen LogP contribution >= 0.6 is 11.6 Å². The standard InChI is InChI=1S/C21H27ClF3N5O2.C2H4O2/c22-14-3-1-13(2-4-14)9-16-12-32-17(20(31)21(23,24)25)11-30(16)15-5-7-29(8-6-15)19-10-18(26)27-28-19;1-2(3)4/h1-4,15-17,20,31H,5-12H2,(H2,26,27);1H3,(H,3,4)/t16-,17+,20-;/m0./s1.